The lowest BCUT2D eigenvalue weighted by Gasteiger charge is -2.21. The standard InChI is InChI=1S/2C17H17ClFNO3.2C12H9ClFNO.C10H18O5/c1-17(2,3)23-16(22)20-13-8-11(18)12(19)7-10(13)9-5-4-6-14(21)15(9)20;1-17(2,3)23-16(22)20-11-8-7-10(19)14(18)13(11)9-5-4-6-12(21)15(9)20;13-8-5-10-7(4-9(8)14)6-2-1-3-11(16)12(6)15-10;13-11-7(14)4-5-8-10(11)6-2-1-3-9(16)12(6)15-8;1-9(2,3)14-7(11)13-8(12)15-10(4,5)6/h2*7-8H,4-6H2,1-3H3;2*4-5,15H,1-3H2;1-6H3. The van der Waals surface area contributed by atoms with E-state index < -0.39 is 70.2 Å². The molecule has 0 bridgehead atoms. The van der Waals surface area contributed by atoms with Crippen LogP contribution in [0.25, 0.3) is 43.6 Å². The van der Waals surface area contributed by atoms with E-state index in [-0.39, 0.29) is 48.9 Å². The van der Waals surface area contributed by atoms with Gasteiger partial charge in [-0.3, -0.25) is 19.2 Å². The SMILES string of the molecule is CC(C)(C)OC(=O)OC(=O)OC(C)(C)C.CC(C)(C)OC(=O)n1c2c(c3c(Cl)c(F)ccc31)CCCC2=O.CC(C)(C)OC(=O)n1c2c(c3cc(F)c(Cl)cc31)CCCC2=O.O=C1CCCc2c1[nH]c1cc(Cl)c(F)cc21.O=C1CCCc2c1[nH]c1ccc(F)c(Cl)c21. The third kappa shape index (κ3) is 16.4. The van der Waals surface area contributed by atoms with Crippen LogP contribution in [0.3, 0.4) is 0 Å². The number of Topliss-reactive ketones (excluding diaryl/α,β-unsaturated/α-hetero) is 4. The Labute approximate surface area is 552 Å². The summed E-state index contributed by atoms with van der Waals surface area (Å²) in [5.41, 5.74) is 4.42. The van der Waals surface area contributed by atoms with Crippen molar-refractivity contribution in [2.75, 3.05) is 0 Å². The Hall–Kier alpha value is -7.72. The summed E-state index contributed by atoms with van der Waals surface area (Å²) in [6, 6.07) is 11.2. The van der Waals surface area contributed by atoms with Crippen LogP contribution in [0.15, 0.2) is 48.5 Å². The van der Waals surface area contributed by atoms with E-state index in [0.717, 1.165) is 53.2 Å². The Morgan fingerprint density at radius 3 is 1.33 bits per heavy atom. The Morgan fingerprint density at radius 1 is 0.419 bits per heavy atom. The van der Waals surface area contributed by atoms with Crippen molar-refractivity contribution in [2.45, 2.75) is 183 Å². The van der Waals surface area contributed by atoms with Crippen LogP contribution in [-0.2, 0) is 49.4 Å². The van der Waals surface area contributed by atoms with Gasteiger partial charge in [-0.05, 0) is 205 Å². The molecule has 0 fully saturated rings. The third-order valence-electron chi connectivity index (χ3n) is 14.7. The van der Waals surface area contributed by atoms with Gasteiger partial charge in [0.05, 0.1) is 53.9 Å². The highest BCUT2D eigenvalue weighted by Crippen LogP contribution is 2.40. The minimum atomic E-state index is -1.06. The van der Waals surface area contributed by atoms with Crippen molar-refractivity contribution >= 4 is 138 Å². The van der Waals surface area contributed by atoms with E-state index in [1.807, 2.05) is 0 Å². The number of carbonyl (C=O) groups is 8. The van der Waals surface area contributed by atoms with Crippen molar-refractivity contribution in [3.63, 3.8) is 0 Å². The van der Waals surface area contributed by atoms with Gasteiger partial charge in [0, 0.05) is 58.3 Å². The van der Waals surface area contributed by atoms with E-state index in [2.05, 4.69) is 14.7 Å². The van der Waals surface area contributed by atoms with Crippen LogP contribution in [0.2, 0.25) is 20.1 Å². The molecular formula is C68H70Cl4F4N4O13. The summed E-state index contributed by atoms with van der Waals surface area (Å²) in [6.07, 6.45) is 4.21. The van der Waals surface area contributed by atoms with Gasteiger partial charge >= 0.3 is 24.5 Å². The molecule has 4 aromatic heterocycles. The number of aromatic nitrogens is 4. The number of aromatic amines is 2. The molecular weight excluding hydrogens is 1300 g/mol. The molecule has 93 heavy (non-hydrogen) atoms. The maximum absolute atomic E-state index is 13.9. The Bertz CT molecular complexity index is 4310. The van der Waals surface area contributed by atoms with Gasteiger partial charge in [-0.2, -0.15) is 0 Å². The van der Waals surface area contributed by atoms with Gasteiger partial charge in [-0.25, -0.2) is 45.9 Å². The molecule has 25 heteroatoms. The summed E-state index contributed by atoms with van der Waals surface area (Å²) < 4.78 is 81.5. The predicted molar refractivity (Wildman–Crippen MR) is 346 cm³/mol. The van der Waals surface area contributed by atoms with Crippen molar-refractivity contribution in [1.82, 2.24) is 19.1 Å². The molecule has 0 unspecified atom stereocenters. The first-order chi connectivity index (χ1) is 43.2. The number of nitrogens with one attached hydrogen (secondary N) is 2. The third-order valence-corrected chi connectivity index (χ3v) is 16.0. The van der Waals surface area contributed by atoms with Crippen molar-refractivity contribution in [1.29, 1.82) is 0 Å². The average molecular weight is 1370 g/mol. The first kappa shape index (κ1) is 71.1. The molecule has 0 saturated heterocycles. The van der Waals surface area contributed by atoms with E-state index in [0.29, 0.717) is 107 Å². The van der Waals surface area contributed by atoms with Gasteiger partial charge in [0.25, 0.3) is 0 Å². The van der Waals surface area contributed by atoms with Crippen LogP contribution in [0.4, 0.5) is 36.7 Å². The summed E-state index contributed by atoms with van der Waals surface area (Å²) in [5.74, 6) is -2.09. The highest BCUT2D eigenvalue weighted by atomic mass is 35.5. The number of benzene rings is 4. The van der Waals surface area contributed by atoms with Gasteiger partial charge in [0.1, 0.15) is 45.7 Å². The second kappa shape index (κ2) is 27.7. The second-order valence-corrected chi connectivity index (χ2v) is 28.1. The largest absolute Gasteiger partial charge is 0.519 e. The lowest BCUT2D eigenvalue weighted by molar-refractivity contribution is -0.0295. The molecule has 8 aromatic rings. The molecule has 2 N–H and O–H groups in total. The van der Waals surface area contributed by atoms with Crippen molar-refractivity contribution < 1.29 is 79.6 Å². The molecule has 496 valence electrons. The zero-order valence-corrected chi connectivity index (χ0v) is 56.4. The smallest absolute Gasteiger partial charge is 0.443 e. The zero-order valence-electron chi connectivity index (χ0n) is 53.3. The van der Waals surface area contributed by atoms with E-state index in [9.17, 15) is 55.9 Å². The van der Waals surface area contributed by atoms with Crippen molar-refractivity contribution in [3.05, 3.63) is 137 Å². The fraction of sp³-hybridized carbons (Fsp3) is 0.412. The molecule has 0 saturated carbocycles. The highest BCUT2D eigenvalue weighted by Gasteiger charge is 2.35. The van der Waals surface area contributed by atoms with Gasteiger partial charge in [0.2, 0.25) is 0 Å². The number of carbonyl (C=O) groups excluding carboxylic acids is 8. The number of nitrogens with zero attached hydrogens (tertiary/aromatic N) is 2. The molecule has 0 atom stereocenters. The summed E-state index contributed by atoms with van der Waals surface area (Å²) in [4.78, 5) is 101. The zero-order chi connectivity index (χ0) is 68.7. The predicted octanol–water partition coefficient (Wildman–Crippen LogP) is 19.3. The van der Waals surface area contributed by atoms with E-state index in [1.54, 1.807) is 89.2 Å². The van der Waals surface area contributed by atoms with Crippen LogP contribution in [-0.4, -0.2) is 89.1 Å². The minimum Gasteiger partial charge on any atom is -0.443 e. The maximum atomic E-state index is 13.9. The van der Waals surface area contributed by atoms with E-state index >= 15 is 0 Å². The molecule has 17 nitrogen and oxygen atoms in total. The maximum Gasteiger partial charge on any atom is 0.519 e. The van der Waals surface area contributed by atoms with Crippen LogP contribution < -0.4 is 0 Å². The quantitative estimate of drug-likeness (QED) is 0.0624. The van der Waals surface area contributed by atoms with Crippen molar-refractivity contribution in [2.24, 2.45) is 0 Å². The Morgan fingerprint density at radius 2 is 0.817 bits per heavy atom. The number of hydrogen-bond donors (Lipinski definition) is 2. The molecule has 4 aromatic carbocycles. The summed E-state index contributed by atoms with van der Waals surface area (Å²) in [7, 11) is 0. The number of fused-ring (bicyclic) bond motifs is 12. The van der Waals surface area contributed by atoms with Crippen LogP contribution in [0.5, 0.6) is 0 Å². The fourth-order valence-corrected chi connectivity index (χ4v) is 12.0. The van der Waals surface area contributed by atoms with Gasteiger partial charge in [-0.1, -0.05) is 46.4 Å². The van der Waals surface area contributed by atoms with Gasteiger partial charge in [0.15, 0.2) is 23.1 Å². The lowest BCUT2D eigenvalue weighted by Crippen LogP contribution is -2.29. The number of ether oxygens (including phenoxy) is 5. The summed E-state index contributed by atoms with van der Waals surface area (Å²) in [6.45, 7) is 20.5. The number of halogens is 8. The summed E-state index contributed by atoms with van der Waals surface area (Å²) >= 11 is 23.6. The fourth-order valence-electron chi connectivity index (χ4n) is 11.1. The Kier molecular flexibility index (Phi) is 21.2. The topological polar surface area (TPSA) is 224 Å². The molecule has 0 radical (unpaired) electrons. The number of ketones is 4. The number of rotatable bonds is 0. The number of H-pyrrole nitrogens is 2. The van der Waals surface area contributed by atoms with Gasteiger partial charge in [-0.15, -0.1) is 0 Å². The molecule has 0 aliphatic heterocycles. The molecule has 0 amide bonds. The van der Waals surface area contributed by atoms with Crippen LogP contribution >= 0.6 is 46.4 Å². The first-order valence-electron chi connectivity index (χ1n) is 30.0. The van der Waals surface area contributed by atoms with E-state index in [1.165, 1.54) is 51.6 Å². The highest BCUT2D eigenvalue weighted by molar-refractivity contribution is 6.37. The molecule has 12 rings (SSSR count). The lowest BCUT2D eigenvalue weighted by atomic mass is 9.94. The molecule has 4 aliphatic carbocycles. The van der Waals surface area contributed by atoms with Crippen LogP contribution in [0.1, 0.15) is 199 Å². The first-order valence-corrected chi connectivity index (χ1v) is 31.5. The summed E-state index contributed by atoms with van der Waals surface area (Å²) in [5, 5.41) is 2.47. The normalized spacial score (nSPS) is 14.6. The van der Waals surface area contributed by atoms with Crippen LogP contribution in [0, 0.1) is 23.3 Å². The van der Waals surface area contributed by atoms with Gasteiger partial charge < -0.3 is 33.7 Å². The number of aryl methyl sites for hydroxylation is 4. The molecule has 0 spiro atoms. The molecule has 4 heterocycles. The van der Waals surface area contributed by atoms with E-state index in [4.69, 9.17) is 65.4 Å². The monoisotopic (exact) mass is 1370 g/mol. The second-order valence-electron chi connectivity index (χ2n) is 26.5. The molecule has 4 aliphatic rings. The number of hydrogen-bond acceptors (Lipinski definition) is 13. The van der Waals surface area contributed by atoms with Crippen molar-refractivity contribution in [3.8, 4) is 0 Å². The Balaban J connectivity index is 0.000000151. The minimum absolute atomic E-state index is 0.0595. The average Bonchev–Trinajstić information content (AvgIpc) is 1.58.